The van der Waals surface area contributed by atoms with E-state index < -0.39 is 0 Å². The maximum Gasteiger partial charge on any atom is 0.254 e. The van der Waals surface area contributed by atoms with Crippen molar-refractivity contribution in [2.24, 2.45) is 0 Å². The molecule has 0 bridgehead atoms. The summed E-state index contributed by atoms with van der Waals surface area (Å²) >= 11 is 6.15. The molecule has 6 nitrogen and oxygen atoms in total. The molecule has 1 aliphatic heterocycles. The Morgan fingerprint density at radius 1 is 1.23 bits per heavy atom. The molecular weight excluding hydrogens is 352 g/mol. The van der Waals surface area contributed by atoms with Gasteiger partial charge < -0.3 is 19.9 Å². The number of hydrogen-bond donors (Lipinski definition) is 1. The minimum atomic E-state index is 0.0304. The van der Waals surface area contributed by atoms with Crippen LogP contribution < -0.4 is 10.1 Å². The molecule has 138 valence electrons. The van der Waals surface area contributed by atoms with Gasteiger partial charge in [0.2, 0.25) is 0 Å². The quantitative estimate of drug-likeness (QED) is 0.890. The highest BCUT2D eigenvalue weighted by Gasteiger charge is 2.20. The van der Waals surface area contributed by atoms with Crippen molar-refractivity contribution >= 4 is 29.0 Å². The van der Waals surface area contributed by atoms with E-state index in [2.05, 4.69) is 22.2 Å². The molecule has 3 rings (SSSR count). The molecule has 0 spiro atoms. The summed E-state index contributed by atoms with van der Waals surface area (Å²) in [6, 6.07) is 7.18. The minimum Gasteiger partial charge on any atom is -0.495 e. The highest BCUT2D eigenvalue weighted by molar-refractivity contribution is 6.31. The summed E-state index contributed by atoms with van der Waals surface area (Å²) in [5.41, 5.74) is 2.31. The summed E-state index contributed by atoms with van der Waals surface area (Å²) in [6.07, 6.45) is 1.64. The number of methoxy groups -OCH3 is 1. The lowest BCUT2D eigenvalue weighted by Gasteiger charge is -2.32. The van der Waals surface area contributed by atoms with Crippen LogP contribution in [0.25, 0.3) is 0 Å². The number of carbonyl (C=O) groups excluding carboxylic acids is 1. The smallest absolute Gasteiger partial charge is 0.254 e. The van der Waals surface area contributed by atoms with Gasteiger partial charge in [0.1, 0.15) is 11.6 Å². The van der Waals surface area contributed by atoms with Crippen LogP contribution in [0.5, 0.6) is 5.75 Å². The van der Waals surface area contributed by atoms with Crippen molar-refractivity contribution in [2.45, 2.75) is 6.92 Å². The predicted octanol–water partition coefficient (Wildman–Crippen LogP) is 3.18. The Balaban J connectivity index is 1.80. The highest BCUT2D eigenvalue weighted by atomic mass is 35.5. The average Bonchev–Trinajstić information content (AvgIpc) is 2.65. The molecule has 1 fully saturated rings. The fourth-order valence-electron chi connectivity index (χ4n) is 2.89. The van der Waals surface area contributed by atoms with Gasteiger partial charge in [0.15, 0.2) is 0 Å². The molecule has 1 amide bonds. The number of aromatic nitrogens is 1. The largest absolute Gasteiger partial charge is 0.495 e. The first kappa shape index (κ1) is 18.5. The number of benzene rings is 1. The normalized spacial score (nSPS) is 15.0. The first-order valence-corrected chi connectivity index (χ1v) is 8.91. The van der Waals surface area contributed by atoms with Gasteiger partial charge in [-0.2, -0.15) is 0 Å². The van der Waals surface area contributed by atoms with Gasteiger partial charge in [0, 0.05) is 49.0 Å². The number of rotatable bonds is 4. The maximum atomic E-state index is 12.7. The molecule has 1 aliphatic rings. The zero-order valence-corrected chi connectivity index (χ0v) is 16.0. The van der Waals surface area contributed by atoms with Gasteiger partial charge in [0.05, 0.1) is 12.8 Å². The van der Waals surface area contributed by atoms with Crippen molar-refractivity contribution < 1.29 is 9.53 Å². The second kappa shape index (κ2) is 7.93. The summed E-state index contributed by atoms with van der Waals surface area (Å²) in [7, 11) is 3.66. The van der Waals surface area contributed by atoms with E-state index in [0.717, 1.165) is 37.4 Å². The van der Waals surface area contributed by atoms with Gasteiger partial charge in [0.25, 0.3) is 5.91 Å². The third kappa shape index (κ3) is 4.08. The van der Waals surface area contributed by atoms with E-state index in [0.29, 0.717) is 22.2 Å². The van der Waals surface area contributed by atoms with Crippen LogP contribution in [0.3, 0.4) is 0 Å². The molecule has 1 aromatic heterocycles. The number of pyridine rings is 1. The van der Waals surface area contributed by atoms with E-state index in [1.54, 1.807) is 31.5 Å². The summed E-state index contributed by atoms with van der Waals surface area (Å²) in [4.78, 5) is 21.2. The Hall–Kier alpha value is -2.31. The van der Waals surface area contributed by atoms with Gasteiger partial charge in [-0.3, -0.25) is 4.79 Å². The number of piperazine rings is 1. The fourth-order valence-corrected chi connectivity index (χ4v) is 3.05. The van der Waals surface area contributed by atoms with E-state index in [1.165, 1.54) is 0 Å². The number of nitrogens with one attached hydrogen (secondary N) is 1. The summed E-state index contributed by atoms with van der Waals surface area (Å²) in [5, 5.41) is 3.86. The number of anilines is 2. The molecule has 1 N–H and O–H groups in total. The highest BCUT2D eigenvalue weighted by Crippen LogP contribution is 2.32. The lowest BCUT2D eigenvalue weighted by atomic mass is 10.2. The summed E-state index contributed by atoms with van der Waals surface area (Å²) < 4.78 is 5.38. The number of amides is 1. The summed E-state index contributed by atoms with van der Waals surface area (Å²) in [6.45, 7) is 5.19. The topological polar surface area (TPSA) is 57.7 Å². The number of aryl methyl sites for hydroxylation is 1. The Morgan fingerprint density at radius 3 is 2.65 bits per heavy atom. The van der Waals surface area contributed by atoms with Crippen molar-refractivity contribution in [3.63, 3.8) is 0 Å². The molecule has 0 unspecified atom stereocenters. The van der Waals surface area contributed by atoms with Crippen LogP contribution in [0.4, 0.5) is 11.5 Å². The number of ether oxygens (including phenoxy) is 1. The fraction of sp³-hybridized carbons (Fsp3) is 0.368. The number of nitrogens with zero attached hydrogens (tertiary/aromatic N) is 3. The van der Waals surface area contributed by atoms with Crippen molar-refractivity contribution in [3.05, 3.63) is 46.6 Å². The molecular formula is C19H23ClN4O2. The molecule has 7 heteroatoms. The lowest BCUT2D eigenvalue weighted by Crippen LogP contribution is -2.47. The third-order valence-electron chi connectivity index (χ3n) is 4.54. The van der Waals surface area contributed by atoms with Gasteiger partial charge in [-0.15, -0.1) is 0 Å². The van der Waals surface area contributed by atoms with E-state index >= 15 is 0 Å². The second-order valence-electron chi connectivity index (χ2n) is 6.45. The molecule has 1 saturated heterocycles. The average molecular weight is 375 g/mol. The van der Waals surface area contributed by atoms with Gasteiger partial charge in [-0.05, 0) is 37.7 Å². The molecule has 26 heavy (non-hydrogen) atoms. The molecule has 0 saturated carbocycles. The second-order valence-corrected chi connectivity index (χ2v) is 6.86. The van der Waals surface area contributed by atoms with Crippen LogP contribution in [-0.2, 0) is 0 Å². The van der Waals surface area contributed by atoms with E-state index in [4.69, 9.17) is 16.3 Å². The predicted molar refractivity (Wildman–Crippen MR) is 104 cm³/mol. The zero-order valence-electron chi connectivity index (χ0n) is 15.3. The Labute approximate surface area is 158 Å². The Kier molecular flexibility index (Phi) is 5.64. The first-order chi connectivity index (χ1) is 12.5. The van der Waals surface area contributed by atoms with E-state index in [1.807, 2.05) is 17.9 Å². The number of likely N-dealkylation sites (N-methyl/N-ethyl adjacent to an activating group) is 1. The van der Waals surface area contributed by atoms with E-state index in [9.17, 15) is 4.79 Å². The Bertz CT molecular complexity index is 804. The van der Waals surface area contributed by atoms with Crippen LogP contribution in [0.2, 0.25) is 5.02 Å². The SMILES string of the molecule is COc1cc(Cl)c(C)cc1Nc1cc(C(=O)N2CCN(C)CC2)ccn1. The van der Waals surface area contributed by atoms with Gasteiger partial charge >= 0.3 is 0 Å². The molecule has 1 aromatic carbocycles. The zero-order chi connectivity index (χ0) is 18.7. The van der Waals surface area contributed by atoms with Crippen molar-refractivity contribution in [1.82, 2.24) is 14.8 Å². The molecule has 0 aliphatic carbocycles. The van der Waals surface area contributed by atoms with Crippen LogP contribution in [0, 0.1) is 6.92 Å². The van der Waals surface area contributed by atoms with Crippen molar-refractivity contribution in [2.75, 3.05) is 45.7 Å². The van der Waals surface area contributed by atoms with Gasteiger partial charge in [-0.25, -0.2) is 4.98 Å². The molecule has 2 heterocycles. The van der Waals surface area contributed by atoms with E-state index in [-0.39, 0.29) is 5.91 Å². The lowest BCUT2D eigenvalue weighted by molar-refractivity contribution is 0.0664. The van der Waals surface area contributed by atoms with Crippen LogP contribution in [0.1, 0.15) is 15.9 Å². The summed E-state index contributed by atoms with van der Waals surface area (Å²) in [5.74, 6) is 1.24. The Morgan fingerprint density at radius 2 is 1.96 bits per heavy atom. The third-order valence-corrected chi connectivity index (χ3v) is 4.95. The van der Waals surface area contributed by atoms with Crippen molar-refractivity contribution in [3.8, 4) is 5.75 Å². The molecule has 0 atom stereocenters. The molecule has 0 radical (unpaired) electrons. The number of hydrogen-bond acceptors (Lipinski definition) is 5. The van der Waals surface area contributed by atoms with Gasteiger partial charge in [-0.1, -0.05) is 11.6 Å². The number of carbonyl (C=O) groups is 1. The molecule has 2 aromatic rings. The van der Waals surface area contributed by atoms with Crippen LogP contribution >= 0.6 is 11.6 Å². The maximum absolute atomic E-state index is 12.7. The number of halogens is 1. The monoisotopic (exact) mass is 374 g/mol. The van der Waals surface area contributed by atoms with Crippen molar-refractivity contribution in [1.29, 1.82) is 0 Å². The first-order valence-electron chi connectivity index (χ1n) is 8.53. The standard InChI is InChI=1S/C19H23ClN4O2/c1-13-10-16(17(26-3)12-15(13)20)22-18-11-14(4-5-21-18)19(25)24-8-6-23(2)7-9-24/h4-5,10-12H,6-9H2,1-3H3,(H,21,22). The van der Waals surface area contributed by atoms with Crippen LogP contribution in [-0.4, -0.2) is 61.0 Å². The minimum absolute atomic E-state index is 0.0304. The van der Waals surface area contributed by atoms with Crippen LogP contribution in [0.15, 0.2) is 30.5 Å².